The van der Waals surface area contributed by atoms with Gasteiger partial charge < -0.3 is 15.4 Å². The molecular weight excluding hydrogens is 204 g/mol. The van der Waals surface area contributed by atoms with E-state index in [9.17, 15) is 4.79 Å². The Bertz CT molecular complexity index is 172. The van der Waals surface area contributed by atoms with E-state index in [2.05, 4.69) is 10.6 Å². The molecule has 1 amide bonds. The highest BCUT2D eigenvalue weighted by Crippen LogP contribution is 1.94. The second-order valence-corrected chi connectivity index (χ2v) is 4.18. The molecule has 0 atom stereocenters. The first-order chi connectivity index (χ1) is 7.66. The number of carbonyl (C=O) groups is 1. The van der Waals surface area contributed by atoms with Crippen LogP contribution in [-0.4, -0.2) is 38.8 Å². The number of ether oxygens (including phenoxy) is 1. The fourth-order valence-corrected chi connectivity index (χ4v) is 1.29. The second kappa shape index (κ2) is 10.9. The zero-order valence-electron chi connectivity index (χ0n) is 10.8. The van der Waals surface area contributed by atoms with Gasteiger partial charge >= 0.3 is 0 Å². The summed E-state index contributed by atoms with van der Waals surface area (Å²) in [7, 11) is 1.90. The van der Waals surface area contributed by atoms with E-state index in [0.717, 1.165) is 39.0 Å². The average Bonchev–Trinajstić information content (AvgIpc) is 2.23. The maximum atomic E-state index is 11.3. The van der Waals surface area contributed by atoms with Gasteiger partial charge in [0.05, 0.1) is 6.10 Å². The molecular formula is C12H26N2O2. The Kier molecular flexibility index (Phi) is 10.5. The summed E-state index contributed by atoms with van der Waals surface area (Å²) in [6.07, 6.45) is 3.82. The van der Waals surface area contributed by atoms with Crippen molar-refractivity contribution in [3.05, 3.63) is 0 Å². The maximum absolute atomic E-state index is 11.3. The van der Waals surface area contributed by atoms with Gasteiger partial charge in [0.1, 0.15) is 0 Å². The summed E-state index contributed by atoms with van der Waals surface area (Å²) in [5.41, 5.74) is 0. The van der Waals surface area contributed by atoms with Gasteiger partial charge in [-0.2, -0.15) is 0 Å². The Hall–Kier alpha value is -0.610. The number of nitrogens with one attached hydrogen (secondary N) is 2. The van der Waals surface area contributed by atoms with Crippen molar-refractivity contribution < 1.29 is 9.53 Å². The predicted octanol–water partition coefficient (Wildman–Crippen LogP) is 1.31. The highest BCUT2D eigenvalue weighted by atomic mass is 16.5. The summed E-state index contributed by atoms with van der Waals surface area (Å²) in [5, 5.41) is 5.93. The summed E-state index contributed by atoms with van der Waals surface area (Å²) < 4.78 is 5.41. The van der Waals surface area contributed by atoms with Gasteiger partial charge in [0.2, 0.25) is 5.91 Å². The Labute approximate surface area is 99.1 Å². The summed E-state index contributed by atoms with van der Waals surface area (Å²) in [5.74, 6) is 0.153. The van der Waals surface area contributed by atoms with Crippen LogP contribution >= 0.6 is 0 Å². The van der Waals surface area contributed by atoms with Gasteiger partial charge in [-0.3, -0.25) is 4.79 Å². The fraction of sp³-hybridized carbons (Fsp3) is 0.917. The SMILES string of the molecule is CNCCCC(=O)NCCCCOC(C)C. The van der Waals surface area contributed by atoms with Crippen LogP contribution in [0.1, 0.15) is 39.5 Å². The van der Waals surface area contributed by atoms with Gasteiger partial charge in [0, 0.05) is 19.6 Å². The molecule has 0 unspecified atom stereocenters. The second-order valence-electron chi connectivity index (χ2n) is 4.18. The zero-order chi connectivity index (χ0) is 12.2. The molecule has 0 bridgehead atoms. The van der Waals surface area contributed by atoms with Crippen molar-refractivity contribution in [1.82, 2.24) is 10.6 Å². The lowest BCUT2D eigenvalue weighted by atomic mass is 10.2. The van der Waals surface area contributed by atoms with Crippen molar-refractivity contribution in [2.45, 2.75) is 45.6 Å². The molecule has 0 aliphatic rings. The first-order valence-corrected chi connectivity index (χ1v) is 6.19. The quantitative estimate of drug-likeness (QED) is 0.556. The average molecular weight is 230 g/mol. The minimum Gasteiger partial charge on any atom is -0.379 e. The molecule has 0 aromatic carbocycles. The number of hydrogen-bond donors (Lipinski definition) is 2. The van der Waals surface area contributed by atoms with E-state index in [1.54, 1.807) is 0 Å². The highest BCUT2D eigenvalue weighted by Gasteiger charge is 1.99. The van der Waals surface area contributed by atoms with Gasteiger partial charge in [0.25, 0.3) is 0 Å². The molecule has 4 heteroatoms. The van der Waals surface area contributed by atoms with E-state index in [-0.39, 0.29) is 5.91 Å². The van der Waals surface area contributed by atoms with Gasteiger partial charge in [-0.25, -0.2) is 0 Å². The highest BCUT2D eigenvalue weighted by molar-refractivity contribution is 5.75. The normalized spacial score (nSPS) is 10.8. The van der Waals surface area contributed by atoms with Crippen molar-refractivity contribution in [1.29, 1.82) is 0 Å². The van der Waals surface area contributed by atoms with Crippen molar-refractivity contribution in [2.75, 3.05) is 26.7 Å². The lowest BCUT2D eigenvalue weighted by Gasteiger charge is -2.07. The first-order valence-electron chi connectivity index (χ1n) is 6.19. The minimum atomic E-state index is 0.153. The van der Waals surface area contributed by atoms with E-state index in [1.807, 2.05) is 20.9 Å². The van der Waals surface area contributed by atoms with Crippen LogP contribution in [0.25, 0.3) is 0 Å². The third kappa shape index (κ3) is 11.5. The van der Waals surface area contributed by atoms with Gasteiger partial charge in [-0.15, -0.1) is 0 Å². The molecule has 16 heavy (non-hydrogen) atoms. The number of carbonyl (C=O) groups excluding carboxylic acids is 1. The molecule has 0 rings (SSSR count). The zero-order valence-corrected chi connectivity index (χ0v) is 10.8. The van der Waals surface area contributed by atoms with E-state index in [0.29, 0.717) is 12.5 Å². The largest absolute Gasteiger partial charge is 0.379 e. The van der Waals surface area contributed by atoms with E-state index >= 15 is 0 Å². The summed E-state index contributed by atoms with van der Waals surface area (Å²) in [6, 6.07) is 0. The van der Waals surface area contributed by atoms with Crippen LogP contribution in [0.5, 0.6) is 0 Å². The number of amides is 1. The topological polar surface area (TPSA) is 50.4 Å². The van der Waals surface area contributed by atoms with Crippen molar-refractivity contribution in [3.63, 3.8) is 0 Å². The first kappa shape index (κ1) is 15.4. The lowest BCUT2D eigenvalue weighted by Crippen LogP contribution is -2.25. The predicted molar refractivity (Wildman–Crippen MR) is 66.5 cm³/mol. The summed E-state index contributed by atoms with van der Waals surface area (Å²) in [6.45, 7) is 6.51. The molecule has 0 heterocycles. The van der Waals surface area contributed by atoms with Crippen LogP contribution in [0.3, 0.4) is 0 Å². The van der Waals surface area contributed by atoms with Crippen LogP contribution in [0.2, 0.25) is 0 Å². The molecule has 96 valence electrons. The molecule has 0 spiro atoms. The maximum Gasteiger partial charge on any atom is 0.220 e. The molecule has 0 aromatic rings. The molecule has 2 N–H and O–H groups in total. The molecule has 0 fully saturated rings. The van der Waals surface area contributed by atoms with Gasteiger partial charge in [-0.1, -0.05) is 0 Å². The molecule has 0 saturated carbocycles. The molecule has 0 aliphatic carbocycles. The van der Waals surface area contributed by atoms with Crippen LogP contribution in [-0.2, 0) is 9.53 Å². The van der Waals surface area contributed by atoms with Crippen LogP contribution in [0.15, 0.2) is 0 Å². The molecule has 0 saturated heterocycles. The molecule has 0 radical (unpaired) electrons. The summed E-state index contributed by atoms with van der Waals surface area (Å²) >= 11 is 0. The van der Waals surface area contributed by atoms with Crippen molar-refractivity contribution in [3.8, 4) is 0 Å². The third-order valence-corrected chi connectivity index (χ3v) is 2.18. The van der Waals surface area contributed by atoms with Crippen molar-refractivity contribution in [2.24, 2.45) is 0 Å². The Morgan fingerprint density at radius 3 is 2.56 bits per heavy atom. The third-order valence-electron chi connectivity index (χ3n) is 2.18. The summed E-state index contributed by atoms with van der Waals surface area (Å²) in [4.78, 5) is 11.3. The van der Waals surface area contributed by atoms with Gasteiger partial charge in [-0.05, 0) is 46.7 Å². The Balaban J connectivity index is 3.15. The molecule has 0 aromatic heterocycles. The number of hydrogen-bond acceptors (Lipinski definition) is 3. The van der Waals surface area contributed by atoms with E-state index < -0.39 is 0 Å². The lowest BCUT2D eigenvalue weighted by molar-refractivity contribution is -0.121. The number of rotatable bonds is 10. The van der Waals surface area contributed by atoms with Crippen LogP contribution in [0.4, 0.5) is 0 Å². The number of unbranched alkanes of at least 4 members (excludes halogenated alkanes) is 1. The minimum absolute atomic E-state index is 0.153. The monoisotopic (exact) mass is 230 g/mol. The fourth-order valence-electron chi connectivity index (χ4n) is 1.29. The van der Waals surface area contributed by atoms with Crippen LogP contribution in [0, 0.1) is 0 Å². The van der Waals surface area contributed by atoms with Gasteiger partial charge in [0.15, 0.2) is 0 Å². The Morgan fingerprint density at radius 2 is 1.94 bits per heavy atom. The standard InChI is InChI=1S/C12H26N2O2/c1-11(2)16-10-5-4-9-14-12(15)7-6-8-13-3/h11,13H,4-10H2,1-3H3,(H,14,15). The van der Waals surface area contributed by atoms with E-state index in [1.165, 1.54) is 0 Å². The van der Waals surface area contributed by atoms with E-state index in [4.69, 9.17) is 4.74 Å². The Morgan fingerprint density at radius 1 is 1.19 bits per heavy atom. The van der Waals surface area contributed by atoms with Crippen molar-refractivity contribution >= 4 is 5.91 Å². The molecule has 0 aliphatic heterocycles. The smallest absolute Gasteiger partial charge is 0.220 e. The van der Waals surface area contributed by atoms with Crippen LogP contribution < -0.4 is 10.6 Å². The molecule has 4 nitrogen and oxygen atoms in total.